The van der Waals surface area contributed by atoms with E-state index in [9.17, 15) is 18.0 Å². The van der Waals surface area contributed by atoms with Crippen LogP contribution in [0.15, 0.2) is 76.0 Å². The molecule has 0 spiro atoms. The van der Waals surface area contributed by atoms with Crippen LogP contribution in [0.1, 0.15) is 64.9 Å². The number of carbonyl (C=O) groups excluding carboxylic acids is 2. The average Bonchev–Trinajstić information content (AvgIpc) is 2.87. The SMILES string of the molecule is COCCN1C2=C(C(=O)CC(C)(C)C2)C(c2cc(Cl)ccc2OS(=O)(=O)c2ccccc2)C2=C1CC(C)(C)CC2=O. The molecule has 0 fully saturated rings. The molecule has 1 heterocycles. The van der Waals surface area contributed by atoms with Gasteiger partial charge in [0.2, 0.25) is 0 Å². The first-order valence-electron chi connectivity index (χ1n) is 13.8. The van der Waals surface area contributed by atoms with Crippen LogP contribution in [-0.2, 0) is 24.4 Å². The number of rotatable bonds is 7. The summed E-state index contributed by atoms with van der Waals surface area (Å²) in [5.74, 6) is -0.886. The van der Waals surface area contributed by atoms with Crippen molar-refractivity contribution in [3.63, 3.8) is 0 Å². The zero-order chi connectivity index (χ0) is 29.7. The molecule has 0 radical (unpaired) electrons. The molecule has 5 rings (SSSR count). The number of nitrogens with zero attached hydrogens (tertiary/aromatic N) is 1. The maximum Gasteiger partial charge on any atom is 0.339 e. The van der Waals surface area contributed by atoms with E-state index in [0.717, 1.165) is 11.4 Å². The number of hydrogen-bond acceptors (Lipinski definition) is 7. The van der Waals surface area contributed by atoms with E-state index in [1.165, 1.54) is 18.2 Å². The molecule has 2 aromatic carbocycles. The van der Waals surface area contributed by atoms with Crippen molar-refractivity contribution in [2.75, 3.05) is 20.3 Å². The molecule has 41 heavy (non-hydrogen) atoms. The molecule has 7 nitrogen and oxygen atoms in total. The van der Waals surface area contributed by atoms with Crippen molar-refractivity contribution in [2.45, 2.75) is 64.2 Å². The van der Waals surface area contributed by atoms with Gasteiger partial charge in [-0.2, -0.15) is 8.42 Å². The molecule has 1 aliphatic heterocycles. The van der Waals surface area contributed by atoms with Crippen molar-refractivity contribution in [1.82, 2.24) is 4.90 Å². The summed E-state index contributed by atoms with van der Waals surface area (Å²) in [4.78, 5) is 30.2. The van der Waals surface area contributed by atoms with Crippen molar-refractivity contribution in [2.24, 2.45) is 10.8 Å². The van der Waals surface area contributed by atoms with Crippen LogP contribution in [0.25, 0.3) is 0 Å². The lowest BCUT2D eigenvalue weighted by atomic mass is 9.63. The molecule has 0 N–H and O–H groups in total. The van der Waals surface area contributed by atoms with Gasteiger partial charge in [0.1, 0.15) is 10.6 Å². The lowest BCUT2D eigenvalue weighted by Crippen LogP contribution is -2.45. The summed E-state index contributed by atoms with van der Waals surface area (Å²) in [6, 6.07) is 12.6. The Labute approximate surface area is 247 Å². The van der Waals surface area contributed by atoms with Gasteiger partial charge >= 0.3 is 10.1 Å². The predicted molar refractivity (Wildman–Crippen MR) is 157 cm³/mol. The minimum absolute atomic E-state index is 0.000999. The fourth-order valence-corrected chi connectivity index (χ4v) is 7.54. The second kappa shape index (κ2) is 10.7. The zero-order valence-corrected chi connectivity index (χ0v) is 25.7. The third kappa shape index (κ3) is 5.74. The van der Waals surface area contributed by atoms with Gasteiger partial charge in [0.25, 0.3) is 0 Å². The number of carbonyl (C=O) groups is 2. The summed E-state index contributed by atoms with van der Waals surface area (Å²) < 4.78 is 37.8. The first-order chi connectivity index (χ1) is 19.2. The van der Waals surface area contributed by atoms with Crippen LogP contribution in [0.2, 0.25) is 5.02 Å². The van der Waals surface area contributed by atoms with Gasteiger partial charge < -0.3 is 13.8 Å². The predicted octanol–water partition coefficient (Wildman–Crippen LogP) is 6.44. The van der Waals surface area contributed by atoms with Crippen LogP contribution in [-0.4, -0.2) is 45.1 Å². The normalized spacial score (nSPS) is 20.7. The summed E-state index contributed by atoms with van der Waals surface area (Å²) in [5.41, 5.74) is 2.55. The quantitative estimate of drug-likeness (QED) is 0.339. The summed E-state index contributed by atoms with van der Waals surface area (Å²) in [7, 11) is -2.57. The number of Topliss-reactive ketones (excluding diaryl/α,β-unsaturated/α-hetero) is 2. The molecule has 2 aromatic rings. The highest BCUT2D eigenvalue weighted by Crippen LogP contribution is 2.55. The molecule has 0 aromatic heterocycles. The number of ether oxygens (including phenoxy) is 1. The highest BCUT2D eigenvalue weighted by molar-refractivity contribution is 7.87. The highest BCUT2D eigenvalue weighted by atomic mass is 35.5. The minimum Gasteiger partial charge on any atom is -0.383 e. The van der Waals surface area contributed by atoms with E-state index in [1.807, 2.05) is 0 Å². The second-order valence-corrected chi connectivity index (χ2v) is 14.7. The Morgan fingerprint density at radius 3 is 1.98 bits per heavy atom. The van der Waals surface area contributed by atoms with Crippen molar-refractivity contribution in [1.29, 1.82) is 0 Å². The number of halogens is 1. The summed E-state index contributed by atoms with van der Waals surface area (Å²) in [6.07, 6.45) is 1.86. The van der Waals surface area contributed by atoms with Crippen LogP contribution in [0.5, 0.6) is 5.75 Å². The van der Waals surface area contributed by atoms with E-state index in [0.29, 0.717) is 60.6 Å². The van der Waals surface area contributed by atoms with Crippen molar-refractivity contribution < 1.29 is 26.9 Å². The van der Waals surface area contributed by atoms with Crippen molar-refractivity contribution in [3.8, 4) is 5.75 Å². The standard InChI is InChI=1S/C32H36ClNO6S/c1-31(2)16-23-29(25(35)18-31)28(30-24(34(23)13-14-39-5)17-32(3,4)19-26(30)36)22-15-20(33)11-12-27(22)40-41(37,38)21-9-7-6-8-10-21/h6-12,15,28H,13-14,16-19H2,1-5H3. The molecule has 2 aliphatic carbocycles. The van der Waals surface area contributed by atoms with Gasteiger partial charge in [0, 0.05) is 65.5 Å². The minimum atomic E-state index is -4.20. The molecule has 0 saturated heterocycles. The first-order valence-corrected chi connectivity index (χ1v) is 15.6. The molecule has 0 saturated carbocycles. The van der Waals surface area contributed by atoms with Gasteiger partial charge in [-0.1, -0.05) is 57.5 Å². The molecule has 0 unspecified atom stereocenters. The van der Waals surface area contributed by atoms with Crippen LogP contribution < -0.4 is 4.18 Å². The fourth-order valence-electron chi connectivity index (χ4n) is 6.39. The van der Waals surface area contributed by atoms with Crippen LogP contribution in [0.3, 0.4) is 0 Å². The molecular weight excluding hydrogens is 562 g/mol. The molecular formula is C32H36ClNO6S. The van der Waals surface area contributed by atoms with Crippen molar-refractivity contribution >= 4 is 33.3 Å². The van der Waals surface area contributed by atoms with Gasteiger partial charge in [0.15, 0.2) is 11.6 Å². The topological polar surface area (TPSA) is 90.0 Å². The monoisotopic (exact) mass is 597 g/mol. The average molecular weight is 598 g/mol. The maximum absolute atomic E-state index is 14.0. The van der Waals surface area contributed by atoms with Gasteiger partial charge in [-0.15, -0.1) is 0 Å². The highest BCUT2D eigenvalue weighted by Gasteiger charge is 2.49. The fraction of sp³-hybridized carbons (Fsp3) is 0.438. The van der Waals surface area contributed by atoms with Gasteiger partial charge in [-0.3, -0.25) is 9.59 Å². The van der Waals surface area contributed by atoms with Gasteiger partial charge in [0.05, 0.1) is 6.61 Å². The van der Waals surface area contributed by atoms with E-state index in [-0.39, 0.29) is 33.0 Å². The Kier molecular flexibility index (Phi) is 7.72. The Bertz CT molecular complexity index is 1520. The van der Waals surface area contributed by atoms with Crippen LogP contribution in [0, 0.1) is 10.8 Å². The lowest BCUT2D eigenvalue weighted by Gasteiger charge is -2.49. The van der Waals surface area contributed by atoms with E-state index in [2.05, 4.69) is 32.6 Å². The molecule has 218 valence electrons. The first kappa shape index (κ1) is 29.5. The third-order valence-corrected chi connectivity index (χ3v) is 9.54. The Morgan fingerprint density at radius 1 is 0.878 bits per heavy atom. The zero-order valence-electron chi connectivity index (χ0n) is 24.1. The van der Waals surface area contributed by atoms with Gasteiger partial charge in [-0.05, 0) is 54.0 Å². The largest absolute Gasteiger partial charge is 0.383 e. The molecule has 0 atom stereocenters. The Morgan fingerprint density at radius 2 is 1.44 bits per heavy atom. The number of benzene rings is 2. The number of ketones is 2. The smallest absolute Gasteiger partial charge is 0.339 e. The van der Waals surface area contributed by atoms with E-state index in [1.54, 1.807) is 37.4 Å². The van der Waals surface area contributed by atoms with Crippen LogP contribution in [0.4, 0.5) is 0 Å². The summed E-state index contributed by atoms with van der Waals surface area (Å²) >= 11 is 6.50. The van der Waals surface area contributed by atoms with E-state index < -0.39 is 16.0 Å². The lowest BCUT2D eigenvalue weighted by molar-refractivity contribution is -0.119. The van der Waals surface area contributed by atoms with E-state index >= 15 is 0 Å². The summed E-state index contributed by atoms with van der Waals surface area (Å²) in [5, 5.41) is 0.350. The number of methoxy groups -OCH3 is 1. The Hall–Kier alpha value is -2.94. The second-order valence-electron chi connectivity index (χ2n) is 12.7. The van der Waals surface area contributed by atoms with Gasteiger partial charge in [-0.25, -0.2) is 0 Å². The third-order valence-electron chi connectivity index (χ3n) is 8.06. The van der Waals surface area contributed by atoms with Crippen molar-refractivity contribution in [3.05, 3.63) is 81.7 Å². The number of hydrogen-bond donors (Lipinski definition) is 0. The number of allylic oxidation sites excluding steroid dienone is 4. The Balaban J connectivity index is 1.76. The summed E-state index contributed by atoms with van der Waals surface area (Å²) in [6.45, 7) is 9.19. The molecule has 9 heteroatoms. The van der Waals surface area contributed by atoms with Crippen LogP contribution >= 0.6 is 11.6 Å². The molecule has 0 bridgehead atoms. The van der Waals surface area contributed by atoms with E-state index in [4.69, 9.17) is 20.5 Å². The molecule has 3 aliphatic rings. The maximum atomic E-state index is 14.0. The molecule has 0 amide bonds.